The number of amides is 4. The summed E-state index contributed by atoms with van der Waals surface area (Å²) in [6, 6.07) is 7.38. The van der Waals surface area contributed by atoms with E-state index in [2.05, 4.69) is 5.32 Å². The molecule has 1 aliphatic carbocycles. The summed E-state index contributed by atoms with van der Waals surface area (Å²) in [7, 11) is 1.54. The lowest BCUT2D eigenvalue weighted by Gasteiger charge is -2.19. The molecule has 2 atom stereocenters. The summed E-state index contributed by atoms with van der Waals surface area (Å²) in [6.45, 7) is 1.93. The second kappa shape index (κ2) is 8.37. The van der Waals surface area contributed by atoms with Crippen molar-refractivity contribution in [3.8, 4) is 0 Å². The number of likely N-dealkylation sites (N-methyl/N-ethyl adjacent to an activating group) is 1. The van der Waals surface area contributed by atoms with Gasteiger partial charge in [0, 0.05) is 25.7 Å². The Labute approximate surface area is 164 Å². The molecule has 3 rings (SSSR count). The second-order valence-corrected chi connectivity index (χ2v) is 7.40. The number of aryl methyl sites for hydroxylation is 1. The smallest absolute Gasteiger partial charge is 0.243 e. The first-order chi connectivity index (χ1) is 13.4. The Hall–Kier alpha value is -2.96. The number of nitrogens with one attached hydrogen (secondary N) is 1. The van der Waals surface area contributed by atoms with E-state index >= 15 is 0 Å². The average Bonchev–Trinajstić information content (AvgIpc) is 2.92. The minimum absolute atomic E-state index is 0.0126. The third-order valence-corrected chi connectivity index (χ3v) is 5.29. The molecule has 0 saturated carbocycles. The molecule has 4 amide bonds. The van der Waals surface area contributed by atoms with Crippen LogP contribution in [0.1, 0.15) is 24.8 Å². The zero-order valence-electron chi connectivity index (χ0n) is 16.2. The maximum absolute atomic E-state index is 12.4. The lowest BCUT2D eigenvalue weighted by Crippen LogP contribution is -2.38. The molecule has 2 aliphatic rings. The normalized spacial score (nSPS) is 20.9. The summed E-state index contributed by atoms with van der Waals surface area (Å²) in [6.07, 6.45) is 5.04. The predicted molar refractivity (Wildman–Crippen MR) is 104 cm³/mol. The van der Waals surface area contributed by atoms with Crippen molar-refractivity contribution >= 4 is 29.3 Å². The van der Waals surface area contributed by atoms with Gasteiger partial charge in [0.05, 0.1) is 18.4 Å². The van der Waals surface area contributed by atoms with Gasteiger partial charge in [-0.2, -0.15) is 0 Å². The molecule has 1 fully saturated rings. The van der Waals surface area contributed by atoms with Gasteiger partial charge in [-0.1, -0.05) is 29.8 Å². The van der Waals surface area contributed by atoms with Crippen LogP contribution in [0.25, 0.3) is 0 Å². The van der Waals surface area contributed by atoms with E-state index in [9.17, 15) is 19.2 Å². The van der Waals surface area contributed by atoms with Crippen LogP contribution in [0.15, 0.2) is 36.4 Å². The van der Waals surface area contributed by atoms with Crippen molar-refractivity contribution in [2.24, 2.45) is 11.8 Å². The summed E-state index contributed by atoms with van der Waals surface area (Å²) in [5.41, 5.74) is 1.76. The van der Waals surface area contributed by atoms with Crippen molar-refractivity contribution in [3.63, 3.8) is 0 Å². The molecule has 7 heteroatoms. The molecule has 28 heavy (non-hydrogen) atoms. The van der Waals surface area contributed by atoms with Gasteiger partial charge in [0.15, 0.2) is 0 Å². The van der Waals surface area contributed by atoms with Crippen molar-refractivity contribution in [1.29, 1.82) is 0 Å². The fourth-order valence-electron chi connectivity index (χ4n) is 3.63. The monoisotopic (exact) mass is 383 g/mol. The molecule has 1 N–H and O–H groups in total. The quantitative estimate of drug-likeness (QED) is 0.599. The highest BCUT2D eigenvalue weighted by Gasteiger charge is 2.46. The van der Waals surface area contributed by atoms with Gasteiger partial charge in [0.25, 0.3) is 0 Å². The molecule has 0 aromatic heterocycles. The van der Waals surface area contributed by atoms with E-state index in [4.69, 9.17) is 0 Å². The zero-order valence-corrected chi connectivity index (χ0v) is 16.2. The number of hydrogen-bond donors (Lipinski definition) is 1. The fraction of sp³-hybridized carbons (Fsp3) is 0.429. The molecule has 0 bridgehead atoms. The molecule has 1 aromatic carbocycles. The van der Waals surface area contributed by atoms with Crippen molar-refractivity contribution in [2.75, 3.05) is 25.5 Å². The van der Waals surface area contributed by atoms with Crippen molar-refractivity contribution < 1.29 is 19.2 Å². The number of carbonyl (C=O) groups is 4. The van der Waals surface area contributed by atoms with E-state index in [0.29, 0.717) is 18.5 Å². The van der Waals surface area contributed by atoms with Crippen LogP contribution in [0, 0.1) is 18.8 Å². The number of nitrogens with zero attached hydrogens (tertiary/aromatic N) is 2. The molecule has 1 aromatic rings. The molecule has 0 radical (unpaired) electrons. The minimum Gasteiger partial charge on any atom is -0.336 e. The Kier molecular flexibility index (Phi) is 5.92. The number of anilines is 1. The van der Waals surface area contributed by atoms with Gasteiger partial charge >= 0.3 is 0 Å². The van der Waals surface area contributed by atoms with Crippen LogP contribution in [0.3, 0.4) is 0 Å². The first-order valence-electron chi connectivity index (χ1n) is 9.47. The van der Waals surface area contributed by atoms with E-state index in [-0.39, 0.29) is 55.0 Å². The number of rotatable bonds is 6. The Balaban J connectivity index is 1.48. The maximum atomic E-state index is 12.4. The third-order valence-electron chi connectivity index (χ3n) is 5.29. The molecule has 1 saturated heterocycles. The lowest BCUT2D eigenvalue weighted by atomic mass is 9.85. The second-order valence-electron chi connectivity index (χ2n) is 7.40. The zero-order chi connectivity index (χ0) is 20.3. The maximum Gasteiger partial charge on any atom is 0.243 e. The molecule has 7 nitrogen and oxygen atoms in total. The highest BCUT2D eigenvalue weighted by molar-refractivity contribution is 6.05. The summed E-state index contributed by atoms with van der Waals surface area (Å²) in [5, 5.41) is 2.74. The van der Waals surface area contributed by atoms with Gasteiger partial charge in [-0.3, -0.25) is 24.1 Å². The Bertz CT molecular complexity index is 789. The first kappa shape index (κ1) is 19.8. The summed E-state index contributed by atoms with van der Waals surface area (Å²) in [5.74, 6) is -1.53. The Morgan fingerprint density at radius 1 is 1.07 bits per heavy atom. The molecule has 148 valence electrons. The van der Waals surface area contributed by atoms with E-state index in [1.807, 2.05) is 31.2 Å². The van der Waals surface area contributed by atoms with Crippen LogP contribution in [0.2, 0.25) is 0 Å². The molecular weight excluding hydrogens is 358 g/mol. The first-order valence-corrected chi connectivity index (χ1v) is 9.47. The van der Waals surface area contributed by atoms with Crippen LogP contribution < -0.4 is 5.32 Å². The molecular formula is C21H25N3O4. The highest BCUT2D eigenvalue weighted by Crippen LogP contribution is 2.35. The van der Waals surface area contributed by atoms with Crippen molar-refractivity contribution in [1.82, 2.24) is 9.80 Å². The number of imide groups is 1. The van der Waals surface area contributed by atoms with Crippen LogP contribution >= 0.6 is 0 Å². The number of benzene rings is 1. The summed E-state index contributed by atoms with van der Waals surface area (Å²) >= 11 is 0. The highest BCUT2D eigenvalue weighted by atomic mass is 16.2. The van der Waals surface area contributed by atoms with Crippen LogP contribution in [-0.2, 0) is 19.2 Å². The molecule has 0 spiro atoms. The fourth-order valence-corrected chi connectivity index (χ4v) is 3.63. The van der Waals surface area contributed by atoms with Gasteiger partial charge in [-0.15, -0.1) is 0 Å². The van der Waals surface area contributed by atoms with E-state index < -0.39 is 0 Å². The SMILES string of the molecule is Cc1ccc(NC(=O)CN(C)C(=O)CCN2C(=O)[C@@H]3CC=CC[C@H]3C2=O)cc1. The van der Waals surface area contributed by atoms with Gasteiger partial charge in [0.1, 0.15) is 0 Å². The van der Waals surface area contributed by atoms with Crippen LogP contribution in [0.5, 0.6) is 0 Å². The molecule has 1 aliphatic heterocycles. The van der Waals surface area contributed by atoms with Crippen LogP contribution in [0.4, 0.5) is 5.69 Å². The Morgan fingerprint density at radius 2 is 1.64 bits per heavy atom. The molecule has 1 heterocycles. The summed E-state index contributed by atoms with van der Waals surface area (Å²) < 4.78 is 0. The lowest BCUT2D eigenvalue weighted by molar-refractivity contribution is -0.141. The number of fused-ring (bicyclic) bond motifs is 1. The minimum atomic E-state index is -0.301. The van der Waals surface area contributed by atoms with Gasteiger partial charge in [0.2, 0.25) is 23.6 Å². The van der Waals surface area contributed by atoms with E-state index in [1.54, 1.807) is 12.1 Å². The predicted octanol–water partition coefficient (Wildman–Crippen LogP) is 1.73. The van der Waals surface area contributed by atoms with Crippen molar-refractivity contribution in [3.05, 3.63) is 42.0 Å². The van der Waals surface area contributed by atoms with Crippen LogP contribution in [-0.4, -0.2) is 53.6 Å². The number of carbonyl (C=O) groups excluding carboxylic acids is 4. The number of likely N-dealkylation sites (tertiary alicyclic amines) is 1. The van der Waals surface area contributed by atoms with Gasteiger partial charge in [-0.25, -0.2) is 0 Å². The topological polar surface area (TPSA) is 86.8 Å². The van der Waals surface area contributed by atoms with Crippen molar-refractivity contribution in [2.45, 2.75) is 26.2 Å². The standard InChI is InChI=1S/C21H25N3O4/c1-14-7-9-15(10-8-14)22-18(25)13-23(2)19(26)11-12-24-20(27)16-5-3-4-6-17(16)21(24)28/h3-4,7-10,16-17H,5-6,11-13H2,1-2H3,(H,22,25)/t16-,17-/m1/s1. The van der Waals surface area contributed by atoms with E-state index in [1.165, 1.54) is 16.8 Å². The number of allylic oxidation sites excluding steroid dienone is 2. The molecule has 0 unspecified atom stereocenters. The average molecular weight is 383 g/mol. The van der Waals surface area contributed by atoms with Gasteiger partial charge < -0.3 is 10.2 Å². The van der Waals surface area contributed by atoms with E-state index in [0.717, 1.165) is 5.56 Å². The Morgan fingerprint density at radius 3 is 2.21 bits per heavy atom. The number of hydrogen-bond acceptors (Lipinski definition) is 4. The summed E-state index contributed by atoms with van der Waals surface area (Å²) in [4.78, 5) is 51.8. The largest absolute Gasteiger partial charge is 0.336 e. The third kappa shape index (κ3) is 4.30. The van der Waals surface area contributed by atoms with Gasteiger partial charge in [-0.05, 0) is 31.9 Å².